The summed E-state index contributed by atoms with van der Waals surface area (Å²) in [6.45, 7) is 5.51. The zero-order chi connectivity index (χ0) is 21.8. The van der Waals surface area contributed by atoms with Gasteiger partial charge in [0.05, 0.1) is 28.6 Å². The van der Waals surface area contributed by atoms with Crippen molar-refractivity contribution in [2.75, 3.05) is 24.7 Å². The van der Waals surface area contributed by atoms with Crippen molar-refractivity contribution < 1.29 is 9.53 Å². The van der Waals surface area contributed by atoms with Crippen LogP contribution in [-0.4, -0.2) is 51.1 Å². The molecule has 2 aliphatic rings. The van der Waals surface area contributed by atoms with Crippen molar-refractivity contribution in [2.24, 2.45) is 0 Å². The van der Waals surface area contributed by atoms with Crippen molar-refractivity contribution in [3.63, 3.8) is 0 Å². The van der Waals surface area contributed by atoms with Gasteiger partial charge in [0.2, 0.25) is 5.91 Å². The lowest BCUT2D eigenvalue weighted by Crippen LogP contribution is -2.44. The summed E-state index contributed by atoms with van der Waals surface area (Å²) in [7, 11) is 0. The summed E-state index contributed by atoms with van der Waals surface area (Å²) in [6, 6.07) is 7.82. The molecule has 0 bridgehead atoms. The van der Waals surface area contributed by atoms with Gasteiger partial charge in [-0.25, -0.2) is 4.98 Å². The molecule has 0 unspecified atom stereocenters. The van der Waals surface area contributed by atoms with Gasteiger partial charge >= 0.3 is 0 Å². The van der Waals surface area contributed by atoms with Crippen LogP contribution in [0.4, 0.5) is 0 Å². The van der Waals surface area contributed by atoms with Gasteiger partial charge in [-0.2, -0.15) is 0 Å². The first-order valence-corrected chi connectivity index (χ1v) is 13.0. The molecule has 2 aromatic rings. The van der Waals surface area contributed by atoms with E-state index in [-0.39, 0.29) is 11.5 Å². The smallest absolute Gasteiger partial charge is 0.272 e. The van der Waals surface area contributed by atoms with E-state index >= 15 is 0 Å². The number of thioether (sulfide) groups is 2. The van der Waals surface area contributed by atoms with E-state index in [2.05, 4.69) is 6.92 Å². The van der Waals surface area contributed by atoms with E-state index in [1.807, 2.05) is 36.1 Å². The summed E-state index contributed by atoms with van der Waals surface area (Å²) in [5, 5.41) is 0.591. The standard InChI is InChI=1S/C23H29N3O3S2/c1-3-16-7-5-6-13-25(16)20(27)15-31-23-24-19-12-14-30-21(19)22(28)26(23)17-8-10-18(11-9-17)29-4-2/h8-11,16H,3-7,12-15H2,1-2H3/t16-/m1/s1. The Kier molecular flexibility index (Phi) is 7.27. The quantitative estimate of drug-likeness (QED) is 0.458. The van der Waals surface area contributed by atoms with E-state index < -0.39 is 0 Å². The maximum absolute atomic E-state index is 13.3. The van der Waals surface area contributed by atoms with Crippen LogP contribution in [0.3, 0.4) is 0 Å². The zero-order valence-electron chi connectivity index (χ0n) is 18.1. The molecule has 6 nitrogen and oxygen atoms in total. The van der Waals surface area contributed by atoms with Gasteiger partial charge in [0.1, 0.15) is 5.75 Å². The molecule has 2 aliphatic heterocycles. The fraction of sp³-hybridized carbons (Fsp3) is 0.522. The van der Waals surface area contributed by atoms with Crippen LogP contribution in [0.15, 0.2) is 39.1 Å². The maximum Gasteiger partial charge on any atom is 0.272 e. The lowest BCUT2D eigenvalue weighted by molar-refractivity contribution is -0.132. The van der Waals surface area contributed by atoms with Crippen molar-refractivity contribution >= 4 is 29.4 Å². The number of aryl methyl sites for hydroxylation is 1. The van der Waals surface area contributed by atoms with Gasteiger partial charge in [0, 0.05) is 24.8 Å². The molecule has 1 saturated heterocycles. The van der Waals surface area contributed by atoms with Crippen molar-refractivity contribution in [3.8, 4) is 11.4 Å². The first kappa shape index (κ1) is 22.3. The maximum atomic E-state index is 13.3. The van der Waals surface area contributed by atoms with Crippen molar-refractivity contribution in [3.05, 3.63) is 40.3 Å². The first-order chi connectivity index (χ1) is 15.1. The Morgan fingerprint density at radius 2 is 2.06 bits per heavy atom. The largest absolute Gasteiger partial charge is 0.494 e. The van der Waals surface area contributed by atoms with Gasteiger partial charge in [-0.05, 0) is 56.9 Å². The summed E-state index contributed by atoms with van der Waals surface area (Å²) in [6.07, 6.45) is 5.12. The average molecular weight is 460 g/mol. The number of carbonyl (C=O) groups is 1. The number of amides is 1. The molecule has 1 aromatic heterocycles. The van der Waals surface area contributed by atoms with E-state index in [1.54, 1.807) is 16.3 Å². The number of likely N-dealkylation sites (tertiary alicyclic amines) is 1. The third-order valence-corrected chi connectivity index (χ3v) is 7.85. The highest BCUT2D eigenvalue weighted by Crippen LogP contribution is 2.31. The van der Waals surface area contributed by atoms with E-state index in [4.69, 9.17) is 9.72 Å². The number of fused-ring (bicyclic) bond motifs is 1. The van der Waals surface area contributed by atoms with Crippen molar-refractivity contribution in [1.29, 1.82) is 0 Å². The minimum absolute atomic E-state index is 0.0454. The fourth-order valence-electron chi connectivity index (χ4n) is 4.24. The molecule has 0 N–H and O–H groups in total. The Hall–Kier alpha value is -1.93. The zero-order valence-corrected chi connectivity index (χ0v) is 19.8. The van der Waals surface area contributed by atoms with Gasteiger partial charge in [0.25, 0.3) is 5.56 Å². The number of hydrogen-bond acceptors (Lipinski definition) is 6. The first-order valence-electron chi connectivity index (χ1n) is 11.1. The Balaban J connectivity index is 1.61. The predicted molar refractivity (Wildman–Crippen MR) is 126 cm³/mol. The number of ether oxygens (including phenoxy) is 1. The lowest BCUT2D eigenvalue weighted by atomic mass is 10.0. The van der Waals surface area contributed by atoms with Gasteiger partial charge in [0.15, 0.2) is 5.16 Å². The monoisotopic (exact) mass is 459 g/mol. The van der Waals surface area contributed by atoms with Crippen LogP contribution in [0.5, 0.6) is 5.75 Å². The van der Waals surface area contributed by atoms with Crippen molar-refractivity contribution in [2.45, 2.75) is 62.0 Å². The third-order valence-electron chi connectivity index (χ3n) is 5.82. The number of benzene rings is 1. The molecule has 0 spiro atoms. The summed E-state index contributed by atoms with van der Waals surface area (Å²) >= 11 is 2.94. The molecule has 166 valence electrons. The Labute approximate surface area is 191 Å². The molecule has 3 heterocycles. The molecule has 4 rings (SSSR count). The van der Waals surface area contributed by atoms with Gasteiger partial charge in [-0.1, -0.05) is 18.7 Å². The van der Waals surface area contributed by atoms with Crippen LogP contribution in [0.1, 0.15) is 45.2 Å². The van der Waals surface area contributed by atoms with E-state index in [1.165, 1.54) is 18.2 Å². The highest BCUT2D eigenvalue weighted by Gasteiger charge is 2.27. The highest BCUT2D eigenvalue weighted by atomic mass is 32.2. The van der Waals surface area contributed by atoms with E-state index in [0.29, 0.717) is 23.6 Å². The minimum Gasteiger partial charge on any atom is -0.494 e. The van der Waals surface area contributed by atoms with Crippen LogP contribution in [0.25, 0.3) is 5.69 Å². The van der Waals surface area contributed by atoms with Crippen LogP contribution in [0.2, 0.25) is 0 Å². The van der Waals surface area contributed by atoms with Crippen LogP contribution < -0.4 is 10.3 Å². The molecule has 1 atom stereocenters. The fourth-order valence-corrected chi connectivity index (χ4v) is 6.18. The van der Waals surface area contributed by atoms with E-state index in [0.717, 1.165) is 60.0 Å². The van der Waals surface area contributed by atoms with Crippen LogP contribution >= 0.6 is 23.5 Å². The number of nitrogens with zero attached hydrogens (tertiary/aromatic N) is 3. The predicted octanol–water partition coefficient (Wildman–Crippen LogP) is 4.16. The van der Waals surface area contributed by atoms with Crippen molar-refractivity contribution in [1.82, 2.24) is 14.5 Å². The summed E-state index contributed by atoms with van der Waals surface area (Å²) in [5.74, 6) is 2.08. The molecular weight excluding hydrogens is 430 g/mol. The highest BCUT2D eigenvalue weighted by molar-refractivity contribution is 8.00. The van der Waals surface area contributed by atoms with Gasteiger partial charge in [-0.15, -0.1) is 11.8 Å². The Morgan fingerprint density at radius 3 is 2.81 bits per heavy atom. The van der Waals surface area contributed by atoms with Crippen LogP contribution in [-0.2, 0) is 11.2 Å². The molecule has 1 fully saturated rings. The second-order valence-electron chi connectivity index (χ2n) is 7.77. The molecule has 1 aromatic carbocycles. The number of piperidine rings is 1. The topological polar surface area (TPSA) is 64.4 Å². The minimum atomic E-state index is -0.0454. The number of hydrogen-bond donors (Lipinski definition) is 0. The molecule has 8 heteroatoms. The Morgan fingerprint density at radius 1 is 1.26 bits per heavy atom. The second kappa shape index (κ2) is 10.1. The molecular formula is C23H29N3O3S2. The van der Waals surface area contributed by atoms with Crippen LogP contribution in [0, 0.1) is 0 Å². The molecule has 0 aliphatic carbocycles. The van der Waals surface area contributed by atoms with E-state index in [9.17, 15) is 9.59 Å². The Bertz CT molecular complexity index is 991. The third kappa shape index (κ3) is 4.80. The summed E-state index contributed by atoms with van der Waals surface area (Å²) in [4.78, 5) is 33.9. The SMILES string of the molecule is CCOc1ccc(-n2c(SCC(=O)N3CCCC[C@H]3CC)nc3c(c2=O)SCC3)cc1. The average Bonchev–Trinajstić information content (AvgIpc) is 3.27. The molecule has 1 amide bonds. The molecule has 31 heavy (non-hydrogen) atoms. The second-order valence-corrected chi connectivity index (χ2v) is 9.82. The summed E-state index contributed by atoms with van der Waals surface area (Å²) < 4.78 is 7.19. The number of aromatic nitrogens is 2. The lowest BCUT2D eigenvalue weighted by Gasteiger charge is -2.35. The summed E-state index contributed by atoms with van der Waals surface area (Å²) in [5.41, 5.74) is 1.56. The number of rotatable bonds is 7. The van der Waals surface area contributed by atoms with Gasteiger partial charge in [-0.3, -0.25) is 14.2 Å². The number of carbonyl (C=O) groups excluding carboxylic acids is 1. The van der Waals surface area contributed by atoms with Gasteiger partial charge < -0.3 is 9.64 Å². The molecule has 0 radical (unpaired) electrons. The normalized spacial score (nSPS) is 18.1. The molecule has 0 saturated carbocycles.